The van der Waals surface area contributed by atoms with Crippen LogP contribution in [0.3, 0.4) is 0 Å². The lowest BCUT2D eigenvalue weighted by molar-refractivity contribution is -0.162. The van der Waals surface area contributed by atoms with Gasteiger partial charge in [0.25, 0.3) is 0 Å². The molecule has 0 amide bonds. The summed E-state index contributed by atoms with van der Waals surface area (Å²) in [4.78, 5) is 44.9. The van der Waals surface area contributed by atoms with Crippen molar-refractivity contribution in [1.82, 2.24) is 0 Å². The van der Waals surface area contributed by atoms with Crippen molar-refractivity contribution in [1.29, 1.82) is 0 Å². The van der Waals surface area contributed by atoms with Crippen LogP contribution in [0.15, 0.2) is 46.8 Å². The van der Waals surface area contributed by atoms with Gasteiger partial charge in [-0.15, -0.1) is 0 Å². The van der Waals surface area contributed by atoms with Crippen LogP contribution >= 0.6 is 0 Å². The van der Waals surface area contributed by atoms with Gasteiger partial charge in [-0.1, -0.05) is 46.8 Å². The molecule has 132 valence electrons. The van der Waals surface area contributed by atoms with E-state index in [0.29, 0.717) is 0 Å². The molecular formula is C16H16O8Si. The Morgan fingerprint density at radius 2 is 1.04 bits per heavy atom. The number of hydrogen-bond acceptors (Lipinski definition) is 4. The van der Waals surface area contributed by atoms with Crippen molar-refractivity contribution in [3.8, 4) is 0 Å². The fourth-order valence-corrected chi connectivity index (χ4v) is 4.19. The van der Waals surface area contributed by atoms with Crippen LogP contribution in [0.4, 0.5) is 0 Å². The minimum Gasteiger partial charge on any atom is -0.480 e. The summed E-state index contributed by atoms with van der Waals surface area (Å²) >= 11 is 0. The molecule has 2 aliphatic rings. The van der Waals surface area contributed by atoms with Gasteiger partial charge in [-0.2, -0.15) is 0 Å². The van der Waals surface area contributed by atoms with Crippen molar-refractivity contribution >= 4 is 33.4 Å². The number of carboxylic acid groups (broad SMARTS) is 4. The molecule has 0 bridgehead atoms. The number of aliphatic carboxylic acids is 4. The Hall–Kier alpha value is -2.94. The first kappa shape index (κ1) is 18.4. The molecule has 4 N–H and O–H groups in total. The summed E-state index contributed by atoms with van der Waals surface area (Å²) in [5.41, 5.74) is -3.92. The third-order valence-electron chi connectivity index (χ3n) is 4.47. The molecule has 8 nitrogen and oxygen atoms in total. The third kappa shape index (κ3) is 3.18. The zero-order valence-electron chi connectivity index (χ0n) is 13.0. The molecule has 0 spiro atoms. The molecule has 0 saturated carbocycles. The predicted octanol–water partition coefficient (Wildman–Crippen LogP) is 0.154. The summed E-state index contributed by atoms with van der Waals surface area (Å²) in [7, 11) is -1.10. The first-order valence-corrected chi connectivity index (χ1v) is 8.75. The summed E-state index contributed by atoms with van der Waals surface area (Å²) in [6.45, 7) is 0. The molecule has 0 aromatic rings. The predicted molar refractivity (Wildman–Crippen MR) is 87.6 cm³/mol. The van der Waals surface area contributed by atoms with Crippen LogP contribution < -0.4 is 0 Å². The van der Waals surface area contributed by atoms with Gasteiger partial charge in [-0.05, 0) is 12.8 Å². The minimum absolute atomic E-state index is 0.165. The summed E-state index contributed by atoms with van der Waals surface area (Å²) < 4.78 is 0. The van der Waals surface area contributed by atoms with Gasteiger partial charge in [0, 0.05) is 0 Å². The van der Waals surface area contributed by atoms with Gasteiger partial charge in [-0.3, -0.25) is 19.2 Å². The zero-order chi connectivity index (χ0) is 18.8. The standard InChI is InChI=1S/C16H16O8Si/c17-11(18)15(12(19)20)5-1-9(2-6-15)25-10-3-7-16(8-4-10,13(21)22)14(23)24/h1-5,7H,6,8,25H2,(H,17,18)(H,19,20)(H,21,22)(H,23,24). The van der Waals surface area contributed by atoms with Crippen molar-refractivity contribution in [3.63, 3.8) is 0 Å². The van der Waals surface area contributed by atoms with E-state index in [2.05, 4.69) is 0 Å². The summed E-state index contributed by atoms with van der Waals surface area (Å²) in [5, 5.41) is 38.2. The number of hydrogen-bond donors (Lipinski definition) is 4. The highest BCUT2D eigenvalue weighted by Gasteiger charge is 2.45. The van der Waals surface area contributed by atoms with Crippen LogP contribution in [0.25, 0.3) is 0 Å². The molecule has 0 heterocycles. The lowest BCUT2D eigenvalue weighted by Gasteiger charge is -2.25. The van der Waals surface area contributed by atoms with E-state index in [1.54, 1.807) is 12.2 Å². The molecule has 0 fully saturated rings. The lowest BCUT2D eigenvalue weighted by atomic mass is 9.81. The SMILES string of the molecule is O=C(O)C1(C(=O)O)C=CC([SiH2]C2=CCC(C(=O)O)(C(=O)O)C=C2)=CC1. The topological polar surface area (TPSA) is 149 Å². The molecule has 25 heavy (non-hydrogen) atoms. The van der Waals surface area contributed by atoms with Gasteiger partial charge in [0.05, 0.1) is 9.52 Å². The van der Waals surface area contributed by atoms with Crippen molar-refractivity contribution < 1.29 is 39.6 Å². The second kappa shape index (κ2) is 6.52. The Morgan fingerprint density at radius 1 is 0.720 bits per heavy atom. The van der Waals surface area contributed by atoms with Crippen LogP contribution in [0, 0.1) is 10.8 Å². The highest BCUT2D eigenvalue weighted by Crippen LogP contribution is 2.33. The average molecular weight is 364 g/mol. The van der Waals surface area contributed by atoms with Gasteiger partial charge in [0.2, 0.25) is 0 Å². The fraction of sp³-hybridized carbons (Fsp3) is 0.250. The van der Waals surface area contributed by atoms with Crippen molar-refractivity contribution in [2.75, 3.05) is 0 Å². The summed E-state index contributed by atoms with van der Waals surface area (Å²) in [6.07, 6.45) is 8.08. The normalized spacial score (nSPS) is 20.3. The lowest BCUT2D eigenvalue weighted by Crippen LogP contribution is -2.38. The van der Waals surface area contributed by atoms with Gasteiger partial charge < -0.3 is 20.4 Å². The van der Waals surface area contributed by atoms with E-state index in [1.807, 2.05) is 0 Å². The monoisotopic (exact) mass is 364 g/mol. The van der Waals surface area contributed by atoms with Crippen LogP contribution in [0.1, 0.15) is 12.8 Å². The van der Waals surface area contributed by atoms with Gasteiger partial charge >= 0.3 is 23.9 Å². The zero-order valence-corrected chi connectivity index (χ0v) is 14.4. The van der Waals surface area contributed by atoms with E-state index < -0.39 is 44.2 Å². The first-order valence-electron chi connectivity index (χ1n) is 7.34. The molecule has 0 unspecified atom stereocenters. The fourth-order valence-electron chi connectivity index (χ4n) is 2.67. The molecule has 0 atom stereocenters. The van der Waals surface area contributed by atoms with Crippen LogP contribution in [-0.2, 0) is 19.2 Å². The second-order valence-corrected chi connectivity index (χ2v) is 7.96. The van der Waals surface area contributed by atoms with Gasteiger partial charge in [0.1, 0.15) is 0 Å². The molecule has 0 aliphatic heterocycles. The largest absolute Gasteiger partial charge is 0.480 e. The molecule has 0 radical (unpaired) electrons. The van der Waals surface area contributed by atoms with E-state index in [9.17, 15) is 19.2 Å². The van der Waals surface area contributed by atoms with E-state index in [-0.39, 0.29) is 12.8 Å². The van der Waals surface area contributed by atoms with Crippen LogP contribution in [0.5, 0.6) is 0 Å². The average Bonchev–Trinajstić information content (AvgIpc) is 2.55. The minimum atomic E-state index is -1.96. The number of carboxylic acids is 4. The van der Waals surface area contributed by atoms with Crippen molar-refractivity contribution in [3.05, 3.63) is 46.8 Å². The van der Waals surface area contributed by atoms with E-state index >= 15 is 0 Å². The highest BCUT2D eigenvalue weighted by atomic mass is 28.2. The van der Waals surface area contributed by atoms with Crippen molar-refractivity contribution in [2.45, 2.75) is 12.8 Å². The number of carbonyl (C=O) groups is 4. The van der Waals surface area contributed by atoms with E-state index in [1.165, 1.54) is 12.2 Å². The van der Waals surface area contributed by atoms with Gasteiger partial charge in [0.15, 0.2) is 10.8 Å². The molecule has 0 aromatic heterocycles. The summed E-state index contributed by atoms with van der Waals surface area (Å²) in [6, 6.07) is 0. The molecule has 0 aromatic carbocycles. The Morgan fingerprint density at radius 3 is 1.24 bits per heavy atom. The molecule has 9 heteroatoms. The molecule has 2 aliphatic carbocycles. The maximum atomic E-state index is 11.2. The van der Waals surface area contributed by atoms with Crippen molar-refractivity contribution in [2.24, 2.45) is 10.8 Å². The summed E-state index contributed by atoms with van der Waals surface area (Å²) in [5.74, 6) is -5.73. The van der Waals surface area contributed by atoms with Crippen LogP contribution in [-0.4, -0.2) is 53.8 Å². The van der Waals surface area contributed by atoms with Gasteiger partial charge in [-0.25, -0.2) is 0 Å². The number of allylic oxidation sites excluding steroid dienone is 6. The quantitative estimate of drug-likeness (QED) is 0.384. The maximum absolute atomic E-state index is 11.2. The Balaban J connectivity index is 2.12. The van der Waals surface area contributed by atoms with E-state index in [4.69, 9.17) is 20.4 Å². The molecule has 0 saturated heterocycles. The first-order chi connectivity index (χ1) is 11.6. The maximum Gasteiger partial charge on any atom is 0.325 e. The van der Waals surface area contributed by atoms with E-state index in [0.717, 1.165) is 22.5 Å². The Labute approximate surface area is 144 Å². The smallest absolute Gasteiger partial charge is 0.325 e. The molecule has 2 rings (SSSR count). The van der Waals surface area contributed by atoms with Crippen LogP contribution in [0.2, 0.25) is 0 Å². The number of rotatable bonds is 6. The second-order valence-electron chi connectivity index (χ2n) is 5.97. The molecular weight excluding hydrogens is 348 g/mol. The Bertz CT molecular complexity index is 679. The third-order valence-corrected chi connectivity index (χ3v) is 6.34. The highest BCUT2D eigenvalue weighted by molar-refractivity contribution is 6.56. The Kier molecular flexibility index (Phi) is 4.79.